The lowest BCUT2D eigenvalue weighted by molar-refractivity contribution is 0.304. The van der Waals surface area contributed by atoms with Gasteiger partial charge in [0.05, 0.1) is 16.1 Å². The van der Waals surface area contributed by atoms with Crippen LogP contribution in [0.1, 0.15) is 22.3 Å². The van der Waals surface area contributed by atoms with Gasteiger partial charge in [0.15, 0.2) is 0 Å². The molecule has 3 aromatic rings. The highest BCUT2D eigenvalue weighted by molar-refractivity contribution is 9.10. The van der Waals surface area contributed by atoms with Crippen molar-refractivity contribution in [2.75, 3.05) is 0 Å². The van der Waals surface area contributed by atoms with Crippen molar-refractivity contribution >= 4 is 27.6 Å². The Morgan fingerprint density at radius 3 is 2.56 bits per heavy atom. The molecule has 2 nitrogen and oxygen atoms in total. The third-order valence-electron chi connectivity index (χ3n) is 4.04. The Bertz CT molecular complexity index is 1020. The van der Waals surface area contributed by atoms with E-state index in [0.29, 0.717) is 17.7 Å². The molecule has 0 amide bonds. The van der Waals surface area contributed by atoms with E-state index >= 15 is 0 Å². The van der Waals surface area contributed by atoms with Gasteiger partial charge in [0.2, 0.25) is 0 Å². The zero-order valence-electron chi connectivity index (χ0n) is 14.7. The van der Waals surface area contributed by atoms with Crippen molar-refractivity contribution < 1.29 is 9.13 Å². The van der Waals surface area contributed by atoms with Crippen molar-refractivity contribution in [3.63, 3.8) is 0 Å². The molecule has 0 saturated heterocycles. The predicted molar refractivity (Wildman–Crippen MR) is 110 cm³/mol. The fraction of sp³-hybridized carbons (Fsp3) is 0.0870. The zero-order chi connectivity index (χ0) is 19.2. The topological polar surface area (TPSA) is 33.0 Å². The summed E-state index contributed by atoms with van der Waals surface area (Å²) in [6.07, 6.45) is 1.73. The van der Waals surface area contributed by atoms with Gasteiger partial charge in [-0.15, -0.1) is 0 Å². The molecule has 0 aliphatic rings. The number of nitriles is 1. The van der Waals surface area contributed by atoms with Crippen LogP contribution in [0.5, 0.6) is 5.75 Å². The Balaban J connectivity index is 1.77. The van der Waals surface area contributed by atoms with Crippen molar-refractivity contribution in [1.82, 2.24) is 0 Å². The van der Waals surface area contributed by atoms with Crippen LogP contribution in [0.2, 0.25) is 0 Å². The largest absolute Gasteiger partial charge is 0.488 e. The minimum atomic E-state index is -0.366. The van der Waals surface area contributed by atoms with E-state index < -0.39 is 0 Å². The van der Waals surface area contributed by atoms with Gasteiger partial charge in [-0.1, -0.05) is 48.0 Å². The van der Waals surface area contributed by atoms with Gasteiger partial charge in [0.25, 0.3) is 0 Å². The number of rotatable bonds is 5. The van der Waals surface area contributed by atoms with Crippen LogP contribution in [-0.4, -0.2) is 0 Å². The van der Waals surface area contributed by atoms with E-state index in [4.69, 9.17) is 4.74 Å². The van der Waals surface area contributed by atoms with Crippen molar-refractivity contribution in [1.29, 1.82) is 5.26 Å². The van der Waals surface area contributed by atoms with Gasteiger partial charge < -0.3 is 4.74 Å². The third kappa shape index (κ3) is 5.06. The predicted octanol–water partition coefficient (Wildman–Crippen LogP) is 6.54. The number of ether oxygens (including phenoxy) is 1. The maximum atomic E-state index is 13.4. The quantitative estimate of drug-likeness (QED) is 0.346. The zero-order valence-corrected chi connectivity index (χ0v) is 16.3. The average molecular weight is 422 g/mol. The Morgan fingerprint density at radius 2 is 1.89 bits per heavy atom. The van der Waals surface area contributed by atoms with Gasteiger partial charge >= 0.3 is 0 Å². The van der Waals surface area contributed by atoms with Gasteiger partial charge in [-0.05, 0) is 69.9 Å². The Labute approximate surface area is 166 Å². The first-order valence-corrected chi connectivity index (χ1v) is 9.20. The molecule has 0 aliphatic heterocycles. The highest BCUT2D eigenvalue weighted by Gasteiger charge is 2.06. The molecule has 0 fully saturated rings. The lowest BCUT2D eigenvalue weighted by Crippen LogP contribution is -1.96. The number of benzene rings is 3. The molecule has 0 radical (unpaired) electrons. The summed E-state index contributed by atoms with van der Waals surface area (Å²) in [5.41, 5.74) is 4.07. The summed E-state index contributed by atoms with van der Waals surface area (Å²) >= 11 is 3.51. The van der Waals surface area contributed by atoms with Crippen LogP contribution in [0.25, 0.3) is 11.6 Å². The van der Waals surface area contributed by atoms with Gasteiger partial charge in [-0.2, -0.15) is 5.26 Å². The Morgan fingerprint density at radius 1 is 1.11 bits per heavy atom. The molecule has 0 heterocycles. The summed E-state index contributed by atoms with van der Waals surface area (Å²) in [5.74, 6) is 0.353. The van der Waals surface area contributed by atoms with Crippen LogP contribution < -0.4 is 4.74 Å². The fourth-order valence-corrected chi connectivity index (χ4v) is 3.08. The van der Waals surface area contributed by atoms with Gasteiger partial charge in [-0.3, -0.25) is 0 Å². The number of hydrogen-bond acceptors (Lipinski definition) is 2. The third-order valence-corrected chi connectivity index (χ3v) is 4.66. The molecular formula is C23H17BrFNO. The molecule has 3 rings (SSSR count). The smallest absolute Gasteiger partial charge is 0.134 e. The van der Waals surface area contributed by atoms with Crippen molar-refractivity contribution in [3.8, 4) is 11.8 Å². The van der Waals surface area contributed by atoms with Crippen LogP contribution in [0.15, 0.2) is 71.2 Å². The van der Waals surface area contributed by atoms with Gasteiger partial charge in [0.1, 0.15) is 18.2 Å². The van der Waals surface area contributed by atoms with E-state index in [9.17, 15) is 9.65 Å². The fourth-order valence-electron chi connectivity index (χ4n) is 2.57. The normalized spacial score (nSPS) is 11.1. The van der Waals surface area contributed by atoms with Crippen LogP contribution in [-0.2, 0) is 6.61 Å². The number of halogens is 2. The van der Waals surface area contributed by atoms with Crippen molar-refractivity contribution in [2.24, 2.45) is 0 Å². The highest BCUT2D eigenvalue weighted by atomic mass is 79.9. The molecule has 0 aliphatic carbocycles. The van der Waals surface area contributed by atoms with Crippen LogP contribution in [0.4, 0.5) is 4.39 Å². The minimum absolute atomic E-state index is 0.366. The summed E-state index contributed by atoms with van der Waals surface area (Å²) in [5, 5.41) is 9.41. The van der Waals surface area contributed by atoms with Gasteiger partial charge in [-0.25, -0.2) is 4.39 Å². The van der Waals surface area contributed by atoms with E-state index in [0.717, 1.165) is 21.3 Å². The molecular weight excluding hydrogens is 405 g/mol. The molecule has 0 atom stereocenters. The van der Waals surface area contributed by atoms with Gasteiger partial charge in [0, 0.05) is 0 Å². The Kier molecular flexibility index (Phi) is 6.05. The minimum Gasteiger partial charge on any atom is -0.488 e. The average Bonchev–Trinajstić information content (AvgIpc) is 2.66. The molecule has 0 N–H and O–H groups in total. The monoisotopic (exact) mass is 421 g/mol. The molecule has 3 aromatic carbocycles. The molecule has 0 aromatic heterocycles. The summed E-state index contributed by atoms with van der Waals surface area (Å²) in [6, 6.07) is 21.9. The summed E-state index contributed by atoms with van der Waals surface area (Å²) in [7, 11) is 0. The summed E-state index contributed by atoms with van der Waals surface area (Å²) in [4.78, 5) is 0. The molecule has 0 saturated carbocycles. The first kappa shape index (κ1) is 18.9. The molecule has 0 bridgehead atoms. The maximum Gasteiger partial charge on any atom is 0.134 e. The second-order valence-electron chi connectivity index (χ2n) is 6.14. The summed E-state index contributed by atoms with van der Waals surface area (Å²) in [6.45, 7) is 2.52. The van der Waals surface area contributed by atoms with E-state index in [1.165, 1.54) is 17.7 Å². The van der Waals surface area contributed by atoms with E-state index in [1.54, 1.807) is 18.2 Å². The lowest BCUT2D eigenvalue weighted by atomic mass is 10.0. The highest BCUT2D eigenvalue weighted by Crippen LogP contribution is 2.29. The number of allylic oxidation sites excluding steroid dienone is 1. The van der Waals surface area contributed by atoms with E-state index in [1.807, 2.05) is 37.3 Å². The number of aryl methyl sites for hydroxylation is 1. The van der Waals surface area contributed by atoms with Crippen LogP contribution in [0, 0.1) is 24.1 Å². The molecule has 0 spiro atoms. The van der Waals surface area contributed by atoms with Crippen LogP contribution >= 0.6 is 15.9 Å². The molecule has 134 valence electrons. The first-order chi connectivity index (χ1) is 13.0. The van der Waals surface area contributed by atoms with Crippen LogP contribution in [0.3, 0.4) is 0 Å². The summed E-state index contributed by atoms with van der Waals surface area (Å²) < 4.78 is 20.1. The first-order valence-electron chi connectivity index (χ1n) is 8.41. The SMILES string of the molecule is Cc1ccc(COc2ccc(/C=C(/C#N)c3cccc(F)c3)cc2Br)cc1. The number of hydrogen-bond donors (Lipinski definition) is 0. The molecule has 0 unspecified atom stereocenters. The standard InChI is InChI=1S/C23H17BrFNO/c1-16-5-7-17(8-6-16)15-27-23-10-9-18(12-22(23)24)11-20(14-26)19-3-2-4-21(25)13-19/h2-13H,15H2,1H3/b20-11-. The maximum absolute atomic E-state index is 13.4. The molecule has 27 heavy (non-hydrogen) atoms. The van der Waals surface area contributed by atoms with Crippen molar-refractivity contribution in [3.05, 3.63) is 99.3 Å². The second kappa shape index (κ2) is 8.66. The van der Waals surface area contributed by atoms with Crippen molar-refractivity contribution in [2.45, 2.75) is 13.5 Å². The number of nitrogens with zero attached hydrogens (tertiary/aromatic N) is 1. The molecule has 4 heteroatoms. The second-order valence-corrected chi connectivity index (χ2v) is 7.00. The Hall–Kier alpha value is -2.90. The van der Waals surface area contributed by atoms with E-state index in [-0.39, 0.29) is 5.82 Å². The van der Waals surface area contributed by atoms with E-state index in [2.05, 4.69) is 34.1 Å². The lowest BCUT2D eigenvalue weighted by Gasteiger charge is -2.09.